The lowest BCUT2D eigenvalue weighted by molar-refractivity contribution is -0.302. The van der Waals surface area contributed by atoms with Gasteiger partial charge in [-0.2, -0.15) is 0 Å². The van der Waals surface area contributed by atoms with Crippen LogP contribution in [-0.2, 0) is 14.3 Å². The average Bonchev–Trinajstić information content (AvgIpc) is 3.35. The molecule has 0 aromatic carbocycles. The van der Waals surface area contributed by atoms with Crippen LogP contribution in [0.1, 0.15) is 296 Å². The second-order valence-corrected chi connectivity index (χ2v) is 21.1. The number of hydrogen-bond acceptors (Lipinski definition) is 8. The van der Waals surface area contributed by atoms with E-state index in [-0.39, 0.29) is 12.5 Å². The van der Waals surface area contributed by atoms with Gasteiger partial charge in [-0.3, -0.25) is 4.79 Å². The van der Waals surface area contributed by atoms with Crippen molar-refractivity contribution in [1.29, 1.82) is 0 Å². The van der Waals surface area contributed by atoms with Gasteiger partial charge in [-0.1, -0.05) is 269 Å². The van der Waals surface area contributed by atoms with Crippen molar-refractivity contribution >= 4 is 5.91 Å². The number of ether oxygens (including phenoxy) is 2. The Kier molecular flexibility index (Phi) is 47.8. The summed E-state index contributed by atoms with van der Waals surface area (Å²) in [6.07, 6.45) is 56.8. The van der Waals surface area contributed by atoms with Crippen LogP contribution in [0.3, 0.4) is 0 Å². The van der Waals surface area contributed by atoms with Crippen LogP contribution in [0, 0.1) is 0 Å². The summed E-state index contributed by atoms with van der Waals surface area (Å²) in [6.45, 7) is 3.81. The summed E-state index contributed by atoms with van der Waals surface area (Å²) in [5.74, 6) is -0.177. The van der Waals surface area contributed by atoms with Gasteiger partial charge in [0.2, 0.25) is 5.91 Å². The first kappa shape index (κ1) is 65.7. The molecule has 7 atom stereocenters. The first-order valence-corrected chi connectivity index (χ1v) is 30.1. The van der Waals surface area contributed by atoms with Crippen molar-refractivity contribution in [3.05, 3.63) is 24.3 Å². The summed E-state index contributed by atoms with van der Waals surface area (Å²) in [6, 6.07) is -0.806. The topological polar surface area (TPSA) is 149 Å². The van der Waals surface area contributed by atoms with Crippen LogP contribution in [0.4, 0.5) is 0 Å². The van der Waals surface area contributed by atoms with E-state index in [0.29, 0.717) is 6.42 Å². The van der Waals surface area contributed by atoms with Crippen LogP contribution in [0.2, 0.25) is 0 Å². The summed E-state index contributed by atoms with van der Waals surface area (Å²) in [5, 5.41) is 54.5. The molecule has 408 valence electrons. The van der Waals surface area contributed by atoms with Crippen molar-refractivity contribution in [3.63, 3.8) is 0 Å². The van der Waals surface area contributed by atoms with Crippen molar-refractivity contribution in [3.8, 4) is 0 Å². The van der Waals surface area contributed by atoms with E-state index in [1.54, 1.807) is 6.08 Å². The lowest BCUT2D eigenvalue weighted by Crippen LogP contribution is -2.60. The molecule has 6 N–H and O–H groups in total. The maximum Gasteiger partial charge on any atom is 0.220 e. The second kappa shape index (κ2) is 50.2. The molecule has 1 aliphatic rings. The molecule has 0 radical (unpaired) electrons. The minimum absolute atomic E-state index is 0.177. The van der Waals surface area contributed by atoms with Gasteiger partial charge in [-0.25, -0.2) is 0 Å². The smallest absolute Gasteiger partial charge is 0.220 e. The van der Waals surface area contributed by atoms with Gasteiger partial charge in [0.15, 0.2) is 6.29 Å². The number of carbonyl (C=O) groups is 1. The third-order valence-corrected chi connectivity index (χ3v) is 14.5. The van der Waals surface area contributed by atoms with Gasteiger partial charge in [-0.05, 0) is 44.9 Å². The molecule has 69 heavy (non-hydrogen) atoms. The van der Waals surface area contributed by atoms with E-state index in [1.807, 2.05) is 6.08 Å². The predicted octanol–water partition coefficient (Wildman–Crippen LogP) is 15.0. The highest BCUT2D eigenvalue weighted by molar-refractivity contribution is 5.76. The average molecular weight is 979 g/mol. The van der Waals surface area contributed by atoms with Gasteiger partial charge in [-0.15, -0.1) is 0 Å². The standard InChI is InChI=1S/C60H115NO8/c1-3-5-7-9-11-13-15-17-19-21-23-24-25-26-27-28-29-30-31-32-33-35-37-39-41-43-45-47-49-54(63)53(52-68-60-59(67)58(66)57(65)55(51-62)69-60)61-56(64)50-48-46-44-42-40-38-36-34-22-20-18-16-14-12-10-8-6-4-2/h20,22,47,49,53-55,57-60,62-63,65-67H,3-19,21,23-46,48,50-52H2,1-2H3,(H,61,64)/b22-20-,49-47+. The van der Waals surface area contributed by atoms with Gasteiger partial charge >= 0.3 is 0 Å². The van der Waals surface area contributed by atoms with Crippen LogP contribution >= 0.6 is 0 Å². The molecule has 0 spiro atoms. The zero-order valence-corrected chi connectivity index (χ0v) is 45.3. The number of unbranched alkanes of at least 4 members (excludes halogenated alkanes) is 40. The molecule has 0 aromatic heterocycles. The number of aliphatic hydroxyl groups is 5. The Morgan fingerprint density at radius 3 is 1.17 bits per heavy atom. The van der Waals surface area contributed by atoms with Gasteiger partial charge in [0.25, 0.3) is 0 Å². The quantitative estimate of drug-likeness (QED) is 0.0261. The fourth-order valence-corrected chi connectivity index (χ4v) is 9.74. The SMILES string of the molecule is CCCCCCCCC/C=C\CCCCCCCCCC(=O)NC(COC1OC(CO)C(O)C(O)C1O)C(O)/C=C/CCCCCCCCCCCCCCCCCCCCCCCCCCCC. The van der Waals surface area contributed by atoms with E-state index in [4.69, 9.17) is 9.47 Å². The summed E-state index contributed by atoms with van der Waals surface area (Å²) < 4.78 is 11.3. The number of amides is 1. The van der Waals surface area contributed by atoms with E-state index in [9.17, 15) is 30.3 Å². The Bertz CT molecular complexity index is 1130. The van der Waals surface area contributed by atoms with E-state index in [0.717, 1.165) is 38.5 Å². The van der Waals surface area contributed by atoms with Crippen LogP contribution < -0.4 is 5.32 Å². The molecule has 1 fully saturated rings. The molecule has 1 amide bonds. The normalized spacial score (nSPS) is 19.6. The number of carbonyl (C=O) groups excluding carboxylic acids is 1. The maximum atomic E-state index is 13.0. The monoisotopic (exact) mass is 978 g/mol. The fraction of sp³-hybridized carbons (Fsp3) is 0.917. The molecule has 9 heteroatoms. The summed E-state index contributed by atoms with van der Waals surface area (Å²) in [7, 11) is 0. The molecule has 1 heterocycles. The number of nitrogens with one attached hydrogen (secondary N) is 1. The first-order chi connectivity index (χ1) is 33.8. The Balaban J connectivity index is 2.19. The number of hydrogen-bond donors (Lipinski definition) is 6. The minimum atomic E-state index is -1.57. The molecule has 9 nitrogen and oxygen atoms in total. The van der Waals surface area contributed by atoms with Crippen molar-refractivity contribution in [2.45, 2.75) is 339 Å². The Hall–Kier alpha value is -1.33. The molecule has 0 bridgehead atoms. The van der Waals surface area contributed by atoms with Crippen LogP contribution in [-0.4, -0.2) is 87.5 Å². The highest BCUT2D eigenvalue weighted by Gasteiger charge is 2.44. The molecule has 0 saturated carbocycles. The lowest BCUT2D eigenvalue weighted by Gasteiger charge is -2.40. The Labute approximate surface area is 426 Å². The van der Waals surface area contributed by atoms with Crippen molar-refractivity contribution < 1.29 is 39.8 Å². The van der Waals surface area contributed by atoms with Crippen LogP contribution in [0.15, 0.2) is 24.3 Å². The third-order valence-electron chi connectivity index (χ3n) is 14.5. The summed E-state index contributed by atoms with van der Waals surface area (Å²) in [4.78, 5) is 13.0. The highest BCUT2D eigenvalue weighted by Crippen LogP contribution is 2.23. The highest BCUT2D eigenvalue weighted by atomic mass is 16.7. The van der Waals surface area contributed by atoms with Gasteiger partial charge < -0.3 is 40.3 Å². The number of rotatable bonds is 52. The summed E-state index contributed by atoms with van der Waals surface area (Å²) >= 11 is 0. The molecule has 1 saturated heterocycles. The van der Waals surface area contributed by atoms with Crippen LogP contribution in [0.25, 0.3) is 0 Å². The third kappa shape index (κ3) is 39.8. The maximum absolute atomic E-state index is 13.0. The number of allylic oxidation sites excluding steroid dienone is 3. The van der Waals surface area contributed by atoms with Gasteiger partial charge in [0, 0.05) is 6.42 Å². The predicted molar refractivity (Wildman–Crippen MR) is 290 cm³/mol. The van der Waals surface area contributed by atoms with E-state index in [1.165, 1.54) is 238 Å². The molecule has 0 aromatic rings. The van der Waals surface area contributed by atoms with Crippen molar-refractivity contribution in [2.75, 3.05) is 13.2 Å². The molecule has 7 unspecified atom stereocenters. The number of aliphatic hydroxyl groups excluding tert-OH is 5. The van der Waals surface area contributed by atoms with Gasteiger partial charge in [0.1, 0.15) is 24.4 Å². The Morgan fingerprint density at radius 1 is 0.478 bits per heavy atom. The van der Waals surface area contributed by atoms with E-state index >= 15 is 0 Å². The fourth-order valence-electron chi connectivity index (χ4n) is 9.74. The Morgan fingerprint density at radius 2 is 0.812 bits per heavy atom. The largest absolute Gasteiger partial charge is 0.394 e. The first-order valence-electron chi connectivity index (χ1n) is 30.1. The van der Waals surface area contributed by atoms with Gasteiger partial charge in [0.05, 0.1) is 25.4 Å². The molecule has 1 rings (SSSR count). The zero-order chi connectivity index (χ0) is 50.1. The summed E-state index contributed by atoms with van der Waals surface area (Å²) in [5.41, 5.74) is 0. The van der Waals surface area contributed by atoms with Crippen molar-refractivity contribution in [2.24, 2.45) is 0 Å². The molecular formula is C60H115NO8. The minimum Gasteiger partial charge on any atom is -0.394 e. The molecule has 1 aliphatic heterocycles. The van der Waals surface area contributed by atoms with Crippen molar-refractivity contribution in [1.82, 2.24) is 5.32 Å². The molecular weight excluding hydrogens is 863 g/mol. The lowest BCUT2D eigenvalue weighted by atomic mass is 9.99. The van der Waals surface area contributed by atoms with E-state index in [2.05, 4.69) is 31.3 Å². The van der Waals surface area contributed by atoms with Crippen LogP contribution in [0.5, 0.6) is 0 Å². The molecule has 0 aliphatic carbocycles. The second-order valence-electron chi connectivity index (χ2n) is 21.1. The van der Waals surface area contributed by atoms with E-state index < -0.39 is 49.5 Å². The zero-order valence-electron chi connectivity index (χ0n) is 45.3.